The van der Waals surface area contributed by atoms with Crippen LogP contribution in [0.5, 0.6) is 0 Å². The van der Waals surface area contributed by atoms with Crippen LogP contribution in [0.2, 0.25) is 0 Å². The average Bonchev–Trinajstić information content (AvgIpc) is 4.07. The summed E-state index contributed by atoms with van der Waals surface area (Å²) in [7, 11) is 1.75. The summed E-state index contributed by atoms with van der Waals surface area (Å²) in [5, 5.41) is 8.61. The first-order valence-electron chi connectivity index (χ1n) is 27.9. The summed E-state index contributed by atoms with van der Waals surface area (Å²) in [6.45, 7) is 16.8. The number of esters is 1. The Hall–Kier alpha value is -4.37. The molecule has 6 atom stereocenters. The Labute approximate surface area is 444 Å². The number of amides is 2. The van der Waals surface area contributed by atoms with Crippen LogP contribution in [0.3, 0.4) is 0 Å². The molecule has 18 heteroatoms. The zero-order valence-corrected chi connectivity index (χ0v) is 45.3. The van der Waals surface area contributed by atoms with Crippen molar-refractivity contribution in [1.82, 2.24) is 40.1 Å². The first kappa shape index (κ1) is 51.4. The van der Waals surface area contributed by atoms with Gasteiger partial charge in [-0.1, -0.05) is 26.8 Å². The molecule has 2 N–H and O–H groups in total. The molecule has 17 nitrogen and oxygen atoms in total. The molecule has 8 aliphatic rings. The molecule has 0 unspecified atom stereocenters. The van der Waals surface area contributed by atoms with Crippen LogP contribution >= 0.6 is 11.3 Å². The smallest absolute Gasteiger partial charge is 0.324 e. The molecule has 75 heavy (non-hydrogen) atoms. The molecule has 404 valence electrons. The summed E-state index contributed by atoms with van der Waals surface area (Å²) in [5.74, 6) is -0.662. The lowest BCUT2D eigenvalue weighted by atomic mass is 9.76. The van der Waals surface area contributed by atoms with Gasteiger partial charge in [0, 0.05) is 103 Å². The Morgan fingerprint density at radius 2 is 1.79 bits per heavy atom. The number of nitrogens with one attached hydrogen (secondary N) is 2. The number of benzene rings is 1. The lowest BCUT2D eigenvalue weighted by molar-refractivity contribution is -0.203. The monoisotopic (exact) mass is 1050 g/mol. The van der Waals surface area contributed by atoms with Crippen molar-refractivity contribution in [2.45, 2.75) is 140 Å². The molecule has 1 spiro atoms. The normalized spacial score (nSPS) is 28.3. The van der Waals surface area contributed by atoms with E-state index in [0.717, 1.165) is 94.5 Å². The Kier molecular flexibility index (Phi) is 14.5. The fourth-order valence-corrected chi connectivity index (χ4v) is 13.9. The van der Waals surface area contributed by atoms with Gasteiger partial charge in [0.25, 0.3) is 5.91 Å². The maximum absolute atomic E-state index is 15.2. The van der Waals surface area contributed by atoms with Gasteiger partial charge in [-0.15, -0.1) is 11.3 Å². The third-order valence-electron chi connectivity index (χ3n) is 17.6. The van der Waals surface area contributed by atoms with E-state index in [1.165, 1.54) is 34.8 Å². The largest absolute Gasteiger partial charge is 0.464 e. The fraction of sp³-hybridized carbons (Fsp3) is 0.667. The van der Waals surface area contributed by atoms with Crippen molar-refractivity contribution in [1.29, 1.82) is 0 Å². The Bertz CT molecular complexity index is 2750. The number of piperidine rings is 1. The maximum atomic E-state index is 15.2. The molecule has 1 saturated carbocycles. The summed E-state index contributed by atoms with van der Waals surface area (Å²) in [6.07, 6.45) is 9.50. The predicted molar refractivity (Wildman–Crippen MR) is 283 cm³/mol. The summed E-state index contributed by atoms with van der Waals surface area (Å²) in [6, 6.07) is 7.44. The number of carbonyl (C=O) groups excluding carboxylic acids is 3. The molecular formula is C57H76N8O9S. The number of nitrogens with zero attached hydrogens (tertiary/aromatic N) is 6. The number of aromatic nitrogens is 3. The van der Waals surface area contributed by atoms with Gasteiger partial charge in [-0.3, -0.25) is 29.3 Å². The lowest BCUT2D eigenvalue weighted by Crippen LogP contribution is -2.70. The first-order chi connectivity index (χ1) is 36.3. The molecule has 0 radical (unpaired) electrons. The minimum absolute atomic E-state index is 0.00702. The van der Waals surface area contributed by atoms with Crippen LogP contribution in [-0.2, 0) is 55.8 Å². The number of hydrazine groups is 1. The Balaban J connectivity index is 1.00. The molecule has 1 aromatic carbocycles. The Morgan fingerprint density at radius 1 is 0.987 bits per heavy atom. The zero-order chi connectivity index (χ0) is 51.6. The molecule has 10 heterocycles. The van der Waals surface area contributed by atoms with Crippen molar-refractivity contribution in [3.63, 3.8) is 0 Å². The highest BCUT2D eigenvalue weighted by Gasteiger charge is 2.55. The standard InChI is InChI=1S/C57H76N8O9S/c1-34-27-73-51(34)52(66)60-48-50(63-29-57(30-63)32-71-33-57)53-59-45(28-75-53)37-8-11-46-41(23-37)43(25-56(3,4)31-74-55(68)44-7-6-16-65(61-44)54(48)67)49(64(46)19-22-72-40-14-20-70-21-15-40)42-24-38(26-58-47(42)35(2)69-5)36-12-17-62(18-13-36)39-9-10-39/h8,11,23-24,26,28,34-36,39-40,44,48,50-51,61H,6-7,9-10,12-22,25,27,29-33H2,1-5H3,(H,60,66)/t34-,35-,44-,48-,50-,51+/m0/s1. The number of pyridine rings is 1. The van der Waals surface area contributed by atoms with E-state index in [0.29, 0.717) is 91.0 Å². The highest BCUT2D eigenvalue weighted by molar-refractivity contribution is 7.10. The summed E-state index contributed by atoms with van der Waals surface area (Å²) < 4.78 is 38.8. The minimum Gasteiger partial charge on any atom is -0.464 e. The molecule has 7 fully saturated rings. The van der Waals surface area contributed by atoms with Crippen LogP contribution in [0.15, 0.2) is 35.8 Å². The van der Waals surface area contributed by atoms with Gasteiger partial charge in [-0.2, -0.15) is 0 Å². The number of methoxy groups -OCH3 is 1. The highest BCUT2D eigenvalue weighted by atomic mass is 32.1. The van der Waals surface area contributed by atoms with E-state index < -0.39 is 35.6 Å². The van der Waals surface area contributed by atoms with Crippen molar-refractivity contribution in [3.05, 3.63) is 57.7 Å². The Morgan fingerprint density at radius 3 is 2.49 bits per heavy atom. The van der Waals surface area contributed by atoms with Gasteiger partial charge in [0.2, 0.25) is 5.91 Å². The van der Waals surface area contributed by atoms with Crippen molar-refractivity contribution in [2.24, 2.45) is 16.7 Å². The van der Waals surface area contributed by atoms with Gasteiger partial charge in [0.1, 0.15) is 23.2 Å². The van der Waals surface area contributed by atoms with E-state index in [9.17, 15) is 9.59 Å². The molecular weight excluding hydrogens is 973 g/mol. The van der Waals surface area contributed by atoms with Gasteiger partial charge >= 0.3 is 5.97 Å². The van der Waals surface area contributed by atoms with E-state index >= 15 is 4.79 Å². The molecule has 3 aromatic heterocycles. The van der Waals surface area contributed by atoms with Crippen LogP contribution in [0.1, 0.15) is 119 Å². The maximum Gasteiger partial charge on any atom is 0.324 e. The number of ether oxygens (including phenoxy) is 6. The van der Waals surface area contributed by atoms with Crippen molar-refractivity contribution in [2.75, 3.05) is 86.1 Å². The van der Waals surface area contributed by atoms with Gasteiger partial charge in [0.05, 0.1) is 68.4 Å². The van der Waals surface area contributed by atoms with E-state index in [1.54, 1.807) is 7.11 Å². The number of thiazole rings is 1. The number of likely N-dealkylation sites (tertiary alicyclic amines) is 2. The predicted octanol–water partition coefficient (Wildman–Crippen LogP) is 6.59. The summed E-state index contributed by atoms with van der Waals surface area (Å²) in [4.78, 5) is 59.3. The lowest BCUT2D eigenvalue weighted by Gasteiger charge is -2.58. The van der Waals surface area contributed by atoms with E-state index in [2.05, 4.69) is 81.7 Å². The van der Waals surface area contributed by atoms with Crippen LogP contribution in [0.4, 0.5) is 0 Å². The minimum atomic E-state index is -1.03. The number of hydrogen-bond acceptors (Lipinski definition) is 15. The zero-order valence-electron chi connectivity index (χ0n) is 44.5. The topological polar surface area (TPSA) is 171 Å². The number of carbonyl (C=O) groups is 3. The number of fused-ring (bicyclic) bond motifs is 6. The van der Waals surface area contributed by atoms with Crippen molar-refractivity contribution >= 4 is 40.0 Å². The molecule has 12 rings (SSSR count). The van der Waals surface area contributed by atoms with Gasteiger partial charge in [0.15, 0.2) is 0 Å². The number of cyclic esters (lactones) is 1. The van der Waals surface area contributed by atoms with Gasteiger partial charge in [-0.05, 0) is 113 Å². The molecule has 1 aliphatic carbocycles. The van der Waals surface area contributed by atoms with Crippen LogP contribution in [0.25, 0.3) is 33.4 Å². The average molecular weight is 1050 g/mol. The van der Waals surface area contributed by atoms with Crippen molar-refractivity contribution in [3.8, 4) is 22.5 Å². The summed E-state index contributed by atoms with van der Waals surface area (Å²) in [5.41, 5.74) is 10.9. The molecule has 2 amide bonds. The van der Waals surface area contributed by atoms with E-state index in [4.69, 9.17) is 38.4 Å². The third kappa shape index (κ3) is 10.3. The number of hydrogen-bond donors (Lipinski definition) is 2. The van der Waals surface area contributed by atoms with E-state index in [1.807, 2.05) is 6.92 Å². The SMILES string of the molecule is CO[C@@H](C)c1ncc(C2CCN(C3CC3)CC2)cc1-c1c2c3cc(ccc3n1CCOC1CCOCC1)-c1csc(n1)[C@@H](N1CC3(COC3)C1)[C@H](NC(=O)[C@@H]1OC[C@@H]1C)C(=O)N1CCC[C@H](N1)C(=O)OCC(C)(C)C2. The van der Waals surface area contributed by atoms with Crippen LogP contribution < -0.4 is 10.7 Å². The second-order valence-electron chi connectivity index (χ2n) is 23.9. The van der Waals surface area contributed by atoms with Gasteiger partial charge < -0.3 is 43.2 Å². The van der Waals surface area contributed by atoms with Crippen molar-refractivity contribution < 1.29 is 42.8 Å². The van der Waals surface area contributed by atoms with Crippen LogP contribution in [0, 0.1) is 16.7 Å². The summed E-state index contributed by atoms with van der Waals surface area (Å²) >= 11 is 1.51. The number of rotatable bonds is 12. The van der Waals surface area contributed by atoms with Crippen LogP contribution in [-0.4, -0.2) is 164 Å². The molecule has 6 saturated heterocycles. The molecule has 7 aliphatic heterocycles. The van der Waals surface area contributed by atoms with Gasteiger partial charge in [-0.25, -0.2) is 10.4 Å². The third-order valence-corrected chi connectivity index (χ3v) is 18.5. The fourth-order valence-electron chi connectivity index (χ4n) is 12.9. The molecule has 4 aromatic rings. The second-order valence-corrected chi connectivity index (χ2v) is 24.8. The van der Waals surface area contributed by atoms with E-state index in [-0.39, 0.29) is 42.0 Å². The second kappa shape index (κ2) is 21.1. The highest BCUT2D eigenvalue weighted by Crippen LogP contribution is 2.47. The quantitative estimate of drug-likeness (QED) is 0.146. The first-order valence-corrected chi connectivity index (χ1v) is 28.8. The molecule has 6 bridgehead atoms.